The maximum Gasteiger partial charge on any atom is 0.269 e. The topological polar surface area (TPSA) is 104 Å². The normalized spacial score (nSPS) is 11.2. The Morgan fingerprint density at radius 2 is 2.33 bits per heavy atom. The molecule has 0 aliphatic rings. The third-order valence-corrected chi connectivity index (χ3v) is 1.13. The molecule has 7 heteroatoms. The van der Waals surface area contributed by atoms with Crippen molar-refractivity contribution in [2.75, 3.05) is 5.32 Å². The molecule has 0 atom stereocenters. The van der Waals surface area contributed by atoms with Crippen molar-refractivity contribution in [2.24, 2.45) is 0 Å². The zero-order chi connectivity index (χ0) is 9.19. The van der Waals surface area contributed by atoms with E-state index >= 15 is 0 Å². The lowest BCUT2D eigenvalue weighted by molar-refractivity contribution is -0.130. The third kappa shape index (κ3) is 1.99. The molecule has 1 rings (SSSR count). The van der Waals surface area contributed by atoms with E-state index in [0.29, 0.717) is 0 Å². The Kier molecular flexibility index (Phi) is 2.05. The molecule has 66 valence electrons. The van der Waals surface area contributed by atoms with Crippen LogP contribution in [0.25, 0.3) is 0 Å². The Morgan fingerprint density at radius 1 is 1.67 bits per heavy atom. The number of H-pyrrole nitrogens is 1. The molecule has 3 N–H and O–H groups in total. The van der Waals surface area contributed by atoms with E-state index in [-0.39, 0.29) is 5.95 Å². The predicted molar refractivity (Wildman–Crippen MR) is 39.1 cm³/mol. The third-order valence-electron chi connectivity index (χ3n) is 1.13. The molecule has 0 bridgehead atoms. The first-order valence-electron chi connectivity index (χ1n) is 3.27. The van der Waals surface area contributed by atoms with Crippen LogP contribution in [-0.2, 0) is 4.79 Å². The van der Waals surface area contributed by atoms with Crippen LogP contribution in [0.4, 0.5) is 5.95 Å². The molecule has 7 nitrogen and oxygen atoms in total. The number of tetrazole rings is 1. The van der Waals surface area contributed by atoms with Gasteiger partial charge in [-0.05, 0) is 19.1 Å². The van der Waals surface area contributed by atoms with Crippen LogP contribution in [0.5, 0.6) is 0 Å². The zero-order valence-corrected chi connectivity index (χ0v) is 6.70. The quantitative estimate of drug-likeness (QED) is 0.524. The summed E-state index contributed by atoms with van der Waals surface area (Å²) in [6.45, 7) is 2.73. The summed E-state index contributed by atoms with van der Waals surface area (Å²) in [5, 5.41) is 23.8. The number of rotatable bonds is 2. The minimum Gasteiger partial charge on any atom is -0.381 e. The number of nitrogens with one attached hydrogen (secondary N) is 2. The van der Waals surface area contributed by atoms with Gasteiger partial charge in [-0.3, -0.25) is 10.1 Å². The molecule has 0 unspecified atom stereocenters. The molecule has 0 saturated heterocycles. The van der Waals surface area contributed by atoms with Gasteiger partial charge in [0, 0.05) is 0 Å². The Hall–Kier alpha value is -1.50. The second kappa shape index (κ2) is 2.86. The van der Waals surface area contributed by atoms with Crippen molar-refractivity contribution in [3.63, 3.8) is 0 Å². The van der Waals surface area contributed by atoms with E-state index in [2.05, 4.69) is 25.9 Å². The van der Waals surface area contributed by atoms with Crippen molar-refractivity contribution in [1.29, 1.82) is 0 Å². The number of aromatic nitrogens is 4. The fourth-order valence-corrected chi connectivity index (χ4v) is 0.469. The van der Waals surface area contributed by atoms with E-state index in [9.17, 15) is 9.90 Å². The van der Waals surface area contributed by atoms with Crippen molar-refractivity contribution in [3.8, 4) is 0 Å². The molecule has 0 fully saturated rings. The summed E-state index contributed by atoms with van der Waals surface area (Å²) in [7, 11) is 0. The molecule has 0 spiro atoms. The molecular weight excluding hydrogens is 162 g/mol. The summed E-state index contributed by atoms with van der Waals surface area (Å²) in [4.78, 5) is 11.0. The summed E-state index contributed by atoms with van der Waals surface area (Å²) < 4.78 is 0. The molecule has 1 aromatic heterocycles. The highest BCUT2D eigenvalue weighted by atomic mass is 16.3. The van der Waals surface area contributed by atoms with Crippen LogP contribution >= 0.6 is 0 Å². The first-order valence-corrected chi connectivity index (χ1v) is 3.27. The molecule has 0 aromatic carbocycles. The average molecular weight is 171 g/mol. The smallest absolute Gasteiger partial charge is 0.269 e. The summed E-state index contributed by atoms with van der Waals surface area (Å²) >= 11 is 0. The monoisotopic (exact) mass is 171 g/mol. The molecular formula is C5H9N5O2. The molecule has 1 heterocycles. The maximum atomic E-state index is 11.0. The zero-order valence-electron chi connectivity index (χ0n) is 6.70. The predicted octanol–water partition coefficient (Wildman–Crippen LogP) is -1.09. The molecule has 1 amide bonds. The van der Waals surface area contributed by atoms with Gasteiger partial charge in [-0.25, -0.2) is 0 Å². The highest BCUT2D eigenvalue weighted by molar-refractivity contribution is 5.94. The number of aromatic amines is 1. The van der Waals surface area contributed by atoms with Crippen LogP contribution < -0.4 is 5.32 Å². The number of nitrogens with zero attached hydrogens (tertiary/aromatic N) is 3. The van der Waals surface area contributed by atoms with Crippen LogP contribution in [0.1, 0.15) is 13.8 Å². The molecule has 0 saturated carbocycles. The van der Waals surface area contributed by atoms with Gasteiger partial charge in [0.25, 0.3) is 11.9 Å². The van der Waals surface area contributed by atoms with E-state index in [4.69, 9.17) is 0 Å². The molecule has 0 radical (unpaired) electrons. The minimum absolute atomic E-state index is 0.0436. The Bertz CT molecular complexity index is 262. The van der Waals surface area contributed by atoms with E-state index < -0.39 is 11.5 Å². The minimum atomic E-state index is -1.44. The van der Waals surface area contributed by atoms with Crippen molar-refractivity contribution < 1.29 is 9.90 Å². The Balaban J connectivity index is 2.60. The fourth-order valence-electron chi connectivity index (χ4n) is 0.469. The highest BCUT2D eigenvalue weighted by Crippen LogP contribution is 2.03. The second-order valence-electron chi connectivity index (χ2n) is 2.75. The van der Waals surface area contributed by atoms with Crippen LogP contribution in [-0.4, -0.2) is 37.2 Å². The second-order valence-corrected chi connectivity index (χ2v) is 2.75. The Labute approximate surface area is 68.2 Å². The van der Waals surface area contributed by atoms with Crippen LogP contribution in [0.2, 0.25) is 0 Å². The van der Waals surface area contributed by atoms with E-state index in [1.807, 2.05) is 0 Å². The van der Waals surface area contributed by atoms with Gasteiger partial charge in [0.2, 0.25) is 0 Å². The number of aliphatic hydroxyl groups is 1. The molecule has 0 aliphatic heterocycles. The van der Waals surface area contributed by atoms with Gasteiger partial charge in [-0.1, -0.05) is 5.10 Å². The number of carbonyl (C=O) groups excluding carboxylic acids is 1. The average Bonchev–Trinajstić information content (AvgIpc) is 2.37. The van der Waals surface area contributed by atoms with Gasteiger partial charge in [0.15, 0.2) is 0 Å². The molecule has 0 aliphatic carbocycles. The Morgan fingerprint density at radius 3 is 2.75 bits per heavy atom. The largest absolute Gasteiger partial charge is 0.381 e. The van der Waals surface area contributed by atoms with Crippen molar-refractivity contribution >= 4 is 11.9 Å². The van der Waals surface area contributed by atoms with Crippen LogP contribution in [0.15, 0.2) is 0 Å². The number of carbonyl (C=O) groups is 1. The van der Waals surface area contributed by atoms with Crippen molar-refractivity contribution in [1.82, 2.24) is 20.6 Å². The van der Waals surface area contributed by atoms with Gasteiger partial charge >= 0.3 is 0 Å². The number of hydrogen-bond acceptors (Lipinski definition) is 5. The summed E-state index contributed by atoms with van der Waals surface area (Å²) in [5.41, 5.74) is -1.44. The van der Waals surface area contributed by atoms with Crippen LogP contribution in [0.3, 0.4) is 0 Å². The highest BCUT2D eigenvalue weighted by Gasteiger charge is 2.24. The first-order chi connectivity index (χ1) is 5.50. The lowest BCUT2D eigenvalue weighted by Gasteiger charge is -2.13. The number of amides is 1. The first kappa shape index (κ1) is 8.60. The van der Waals surface area contributed by atoms with E-state index in [0.717, 1.165) is 0 Å². The lowest BCUT2D eigenvalue weighted by Crippen LogP contribution is -2.37. The van der Waals surface area contributed by atoms with Crippen molar-refractivity contribution in [2.45, 2.75) is 19.4 Å². The fraction of sp³-hybridized carbons (Fsp3) is 0.600. The number of hydrogen-bond donors (Lipinski definition) is 3. The van der Waals surface area contributed by atoms with Gasteiger partial charge in [0.05, 0.1) is 0 Å². The number of anilines is 1. The standard InChI is InChI=1S/C5H9N5O2/c1-5(2,12)3(11)6-4-7-9-10-8-4/h12H,1-2H3,(H2,6,7,8,9,10,11). The summed E-state index contributed by atoms with van der Waals surface area (Å²) in [6.07, 6.45) is 0. The molecule has 12 heavy (non-hydrogen) atoms. The lowest BCUT2D eigenvalue weighted by atomic mass is 10.1. The maximum absolute atomic E-state index is 11.0. The van der Waals surface area contributed by atoms with Gasteiger partial charge in [-0.15, -0.1) is 5.10 Å². The van der Waals surface area contributed by atoms with Gasteiger partial charge in [-0.2, -0.15) is 5.21 Å². The summed E-state index contributed by atoms with van der Waals surface area (Å²) in [6, 6.07) is 0. The van der Waals surface area contributed by atoms with E-state index in [1.165, 1.54) is 13.8 Å². The van der Waals surface area contributed by atoms with Gasteiger partial charge in [0.1, 0.15) is 5.60 Å². The van der Waals surface area contributed by atoms with Gasteiger partial charge < -0.3 is 5.11 Å². The van der Waals surface area contributed by atoms with Crippen molar-refractivity contribution in [3.05, 3.63) is 0 Å². The van der Waals surface area contributed by atoms with Crippen LogP contribution in [0, 0.1) is 0 Å². The summed E-state index contributed by atoms with van der Waals surface area (Å²) in [5.74, 6) is -0.536. The SMILES string of the molecule is CC(C)(O)C(=O)Nc1nn[nH]n1. The molecule has 1 aromatic rings. The van der Waals surface area contributed by atoms with E-state index in [1.54, 1.807) is 0 Å².